The molecule has 2 heterocycles. The van der Waals surface area contributed by atoms with Crippen molar-refractivity contribution in [1.82, 2.24) is 9.72 Å². The summed E-state index contributed by atoms with van der Waals surface area (Å²) in [6.45, 7) is 5.75. The fourth-order valence-corrected chi connectivity index (χ4v) is 2.87. The van der Waals surface area contributed by atoms with Crippen LogP contribution in [0, 0.1) is 20.8 Å². The number of rotatable bonds is 5. The Labute approximate surface area is 156 Å². The summed E-state index contributed by atoms with van der Waals surface area (Å²) in [5.41, 5.74) is 8.92. The Balaban J connectivity index is 1.77. The van der Waals surface area contributed by atoms with Gasteiger partial charge in [0.1, 0.15) is 5.76 Å². The summed E-state index contributed by atoms with van der Waals surface area (Å²) in [5, 5.41) is 6.76. The van der Waals surface area contributed by atoms with E-state index in [1.165, 1.54) is 12.1 Å². The third-order valence-electron chi connectivity index (χ3n) is 4.14. The number of nitrogens with one attached hydrogen (secondary N) is 1. The van der Waals surface area contributed by atoms with E-state index < -0.39 is 5.91 Å². The first kappa shape index (κ1) is 18.2. The van der Waals surface area contributed by atoms with Gasteiger partial charge in [-0.05, 0) is 56.7 Å². The summed E-state index contributed by atoms with van der Waals surface area (Å²) < 4.78 is 7.11. The van der Waals surface area contributed by atoms with Crippen LogP contribution in [-0.4, -0.2) is 21.5 Å². The second kappa shape index (κ2) is 7.33. The smallest absolute Gasteiger partial charge is 0.248 e. The van der Waals surface area contributed by atoms with Crippen LogP contribution >= 0.6 is 0 Å². The maximum atomic E-state index is 12.2. The minimum absolute atomic E-state index is 0.307. The molecule has 0 atom stereocenters. The number of nitrogens with two attached hydrogens (primary N) is 1. The lowest BCUT2D eigenvalue weighted by Crippen LogP contribution is -2.12. The largest absolute Gasteiger partial charge is 0.366 e. The van der Waals surface area contributed by atoms with Crippen molar-refractivity contribution in [2.75, 3.05) is 5.32 Å². The van der Waals surface area contributed by atoms with Crippen molar-refractivity contribution in [3.63, 3.8) is 0 Å². The minimum atomic E-state index is -0.544. The molecule has 0 saturated heterocycles. The molecular weight excluding hydrogens is 344 g/mol. The molecule has 3 rings (SSSR count). The molecule has 2 aromatic heterocycles. The van der Waals surface area contributed by atoms with Crippen LogP contribution < -0.4 is 11.1 Å². The Morgan fingerprint density at radius 1 is 1.19 bits per heavy atom. The lowest BCUT2D eigenvalue weighted by atomic mass is 10.2. The van der Waals surface area contributed by atoms with Crippen molar-refractivity contribution in [1.29, 1.82) is 0 Å². The molecule has 3 N–H and O–H groups in total. The van der Waals surface area contributed by atoms with Crippen LogP contribution in [0.15, 0.2) is 47.0 Å². The third-order valence-corrected chi connectivity index (χ3v) is 4.14. The zero-order chi connectivity index (χ0) is 19.6. The predicted octanol–water partition coefficient (Wildman–Crippen LogP) is 3.14. The summed E-state index contributed by atoms with van der Waals surface area (Å²) in [7, 11) is 0. The maximum Gasteiger partial charge on any atom is 0.248 e. The molecular formula is C20H20N4O3. The van der Waals surface area contributed by atoms with E-state index in [9.17, 15) is 9.59 Å². The molecule has 0 radical (unpaired) electrons. The van der Waals surface area contributed by atoms with Gasteiger partial charge in [0.15, 0.2) is 5.82 Å². The highest BCUT2D eigenvalue weighted by atomic mass is 16.5. The number of carbonyl (C=O) groups excluding carboxylic acids is 2. The summed E-state index contributed by atoms with van der Waals surface area (Å²) in [4.78, 5) is 23.4. The average Bonchev–Trinajstić information content (AvgIpc) is 3.16. The molecule has 0 aliphatic carbocycles. The van der Waals surface area contributed by atoms with E-state index in [-0.39, 0.29) is 5.91 Å². The van der Waals surface area contributed by atoms with Crippen LogP contribution in [0.2, 0.25) is 0 Å². The number of aryl methyl sites for hydroxylation is 2. The van der Waals surface area contributed by atoms with Gasteiger partial charge < -0.3 is 15.6 Å². The Morgan fingerprint density at radius 2 is 1.96 bits per heavy atom. The summed E-state index contributed by atoms with van der Waals surface area (Å²) >= 11 is 0. The minimum Gasteiger partial charge on any atom is -0.366 e. The number of anilines is 1. The normalized spacial score (nSPS) is 11.1. The highest BCUT2D eigenvalue weighted by Gasteiger charge is 2.12. The van der Waals surface area contributed by atoms with Gasteiger partial charge in [0, 0.05) is 34.8 Å². The first-order valence-corrected chi connectivity index (χ1v) is 8.36. The van der Waals surface area contributed by atoms with Gasteiger partial charge in [0.05, 0.1) is 0 Å². The van der Waals surface area contributed by atoms with Gasteiger partial charge in [-0.15, -0.1) is 0 Å². The topological polar surface area (TPSA) is 103 Å². The second-order valence-electron chi connectivity index (χ2n) is 6.23. The molecule has 0 fully saturated rings. The SMILES string of the molecule is Cc1cc(-n2c(C)cc(C=CC(=O)Nc3cccc(C(N)=O)c3)c2C)no1. The molecule has 0 saturated carbocycles. The Bertz CT molecular complexity index is 1040. The molecule has 0 spiro atoms. The molecule has 138 valence electrons. The van der Waals surface area contributed by atoms with E-state index in [4.69, 9.17) is 10.3 Å². The second-order valence-corrected chi connectivity index (χ2v) is 6.23. The van der Waals surface area contributed by atoms with Crippen molar-refractivity contribution in [3.05, 3.63) is 70.7 Å². The number of hydrogen-bond donors (Lipinski definition) is 2. The molecule has 0 bridgehead atoms. The van der Waals surface area contributed by atoms with Gasteiger partial charge in [0.25, 0.3) is 0 Å². The van der Waals surface area contributed by atoms with E-state index in [0.717, 1.165) is 22.7 Å². The fraction of sp³-hybridized carbons (Fsp3) is 0.150. The number of hydrogen-bond acceptors (Lipinski definition) is 4. The molecule has 2 amide bonds. The van der Waals surface area contributed by atoms with Crippen molar-refractivity contribution in [3.8, 4) is 5.82 Å². The quantitative estimate of drug-likeness (QED) is 0.679. The van der Waals surface area contributed by atoms with Gasteiger partial charge >= 0.3 is 0 Å². The number of carbonyl (C=O) groups is 2. The first-order chi connectivity index (χ1) is 12.8. The first-order valence-electron chi connectivity index (χ1n) is 8.36. The molecule has 27 heavy (non-hydrogen) atoms. The molecule has 1 aromatic carbocycles. The number of aromatic nitrogens is 2. The molecule has 3 aromatic rings. The van der Waals surface area contributed by atoms with E-state index >= 15 is 0 Å². The van der Waals surface area contributed by atoms with Crippen LogP contribution in [0.25, 0.3) is 11.9 Å². The van der Waals surface area contributed by atoms with Crippen molar-refractivity contribution >= 4 is 23.6 Å². The van der Waals surface area contributed by atoms with Crippen LogP contribution in [0.1, 0.15) is 33.1 Å². The molecule has 0 unspecified atom stereocenters. The molecule has 0 aliphatic heterocycles. The summed E-state index contributed by atoms with van der Waals surface area (Å²) in [5.74, 6) is 0.581. The van der Waals surface area contributed by atoms with Gasteiger partial charge in [-0.1, -0.05) is 11.2 Å². The van der Waals surface area contributed by atoms with Gasteiger partial charge in [-0.25, -0.2) is 0 Å². The number of benzene rings is 1. The van der Waals surface area contributed by atoms with E-state index in [1.807, 2.05) is 37.5 Å². The monoisotopic (exact) mass is 364 g/mol. The van der Waals surface area contributed by atoms with Crippen molar-refractivity contribution < 1.29 is 14.1 Å². The zero-order valence-corrected chi connectivity index (χ0v) is 15.3. The standard InChI is InChI=1S/C20H20N4O3/c1-12-9-15(14(3)24(12)18-10-13(2)27-23-18)7-8-19(25)22-17-6-4-5-16(11-17)20(21)26/h4-11H,1-3H3,(H2,21,26)(H,22,25). The Hall–Kier alpha value is -3.61. The summed E-state index contributed by atoms with van der Waals surface area (Å²) in [6.07, 6.45) is 3.18. The van der Waals surface area contributed by atoms with Crippen molar-refractivity contribution in [2.24, 2.45) is 5.73 Å². The van der Waals surface area contributed by atoms with E-state index in [1.54, 1.807) is 24.3 Å². The molecule has 7 nitrogen and oxygen atoms in total. The van der Waals surface area contributed by atoms with Crippen LogP contribution in [0.3, 0.4) is 0 Å². The zero-order valence-electron chi connectivity index (χ0n) is 15.3. The number of primary amides is 1. The van der Waals surface area contributed by atoms with Gasteiger partial charge in [0.2, 0.25) is 11.8 Å². The van der Waals surface area contributed by atoms with Gasteiger partial charge in [-0.3, -0.25) is 14.2 Å². The van der Waals surface area contributed by atoms with E-state index in [0.29, 0.717) is 17.1 Å². The molecule has 7 heteroatoms. The van der Waals surface area contributed by atoms with Crippen molar-refractivity contribution in [2.45, 2.75) is 20.8 Å². The van der Waals surface area contributed by atoms with Gasteiger partial charge in [-0.2, -0.15) is 0 Å². The fourth-order valence-electron chi connectivity index (χ4n) is 2.87. The Morgan fingerprint density at radius 3 is 2.63 bits per heavy atom. The maximum absolute atomic E-state index is 12.2. The third kappa shape index (κ3) is 3.98. The van der Waals surface area contributed by atoms with Crippen LogP contribution in [-0.2, 0) is 4.79 Å². The molecule has 0 aliphatic rings. The van der Waals surface area contributed by atoms with Crippen LogP contribution in [0.4, 0.5) is 5.69 Å². The lowest BCUT2D eigenvalue weighted by Gasteiger charge is -2.04. The summed E-state index contributed by atoms with van der Waals surface area (Å²) in [6, 6.07) is 10.3. The highest BCUT2D eigenvalue weighted by Crippen LogP contribution is 2.21. The number of amides is 2. The van der Waals surface area contributed by atoms with Crippen LogP contribution in [0.5, 0.6) is 0 Å². The number of nitrogens with zero attached hydrogens (tertiary/aromatic N) is 2. The average molecular weight is 364 g/mol. The van der Waals surface area contributed by atoms with E-state index in [2.05, 4.69) is 10.5 Å². The predicted molar refractivity (Wildman–Crippen MR) is 103 cm³/mol. The Kier molecular flexibility index (Phi) is 4.94. The lowest BCUT2D eigenvalue weighted by molar-refractivity contribution is -0.111. The highest BCUT2D eigenvalue weighted by molar-refractivity contribution is 6.03.